The lowest BCUT2D eigenvalue weighted by molar-refractivity contribution is -0.139. The molecule has 1 atom stereocenters. The van der Waals surface area contributed by atoms with Gasteiger partial charge in [-0.2, -0.15) is 0 Å². The van der Waals surface area contributed by atoms with E-state index in [-0.39, 0.29) is 12.2 Å². The highest BCUT2D eigenvalue weighted by molar-refractivity contribution is 9.10. The fourth-order valence-electron chi connectivity index (χ4n) is 5.75. The van der Waals surface area contributed by atoms with Crippen molar-refractivity contribution in [1.29, 1.82) is 0 Å². The summed E-state index contributed by atoms with van der Waals surface area (Å²) in [4.78, 5) is 36.5. The molecule has 0 saturated carbocycles. The third-order valence-corrected chi connectivity index (χ3v) is 9.24. The van der Waals surface area contributed by atoms with Crippen molar-refractivity contribution in [3.63, 3.8) is 0 Å². The molecular formula is C34H30BrN3O4S. The molecule has 43 heavy (non-hydrogen) atoms. The first-order valence-electron chi connectivity index (χ1n) is 13.9. The Bertz CT molecular complexity index is 2120. The number of fused-ring (bicyclic) bond motifs is 2. The number of thiazole rings is 1. The fraction of sp³-hybridized carbons (Fsp3) is 0.206. The van der Waals surface area contributed by atoms with Gasteiger partial charge in [0.15, 0.2) is 4.80 Å². The maximum absolute atomic E-state index is 14.3. The molecule has 7 nitrogen and oxygen atoms in total. The third-order valence-electron chi connectivity index (χ3n) is 7.64. The second-order valence-corrected chi connectivity index (χ2v) is 12.3. The minimum atomic E-state index is -0.722. The number of allylic oxidation sites excluding steroid dienone is 1. The van der Waals surface area contributed by atoms with Gasteiger partial charge < -0.3 is 14.5 Å². The molecular weight excluding hydrogens is 626 g/mol. The fourth-order valence-corrected chi connectivity index (χ4v) is 7.33. The van der Waals surface area contributed by atoms with Crippen LogP contribution in [0.1, 0.15) is 42.1 Å². The average Bonchev–Trinajstić information content (AvgIpc) is 3.50. The number of halogens is 1. The van der Waals surface area contributed by atoms with Gasteiger partial charge in [0, 0.05) is 16.5 Å². The van der Waals surface area contributed by atoms with Crippen LogP contribution >= 0.6 is 27.3 Å². The Morgan fingerprint density at radius 3 is 2.58 bits per heavy atom. The molecule has 5 aromatic rings. The number of aromatic amines is 1. The van der Waals surface area contributed by atoms with E-state index in [1.807, 2.05) is 42.5 Å². The molecule has 0 spiro atoms. The number of carbonyl (C=O) groups excluding carboxylic acids is 1. The summed E-state index contributed by atoms with van der Waals surface area (Å²) in [6.07, 6.45) is 1.95. The Balaban J connectivity index is 1.63. The molecule has 0 radical (unpaired) electrons. The summed E-state index contributed by atoms with van der Waals surface area (Å²) in [6, 6.07) is 19.2. The molecule has 0 aliphatic carbocycles. The molecule has 1 aliphatic rings. The van der Waals surface area contributed by atoms with Crippen molar-refractivity contribution in [2.24, 2.45) is 4.99 Å². The van der Waals surface area contributed by atoms with Crippen molar-refractivity contribution in [3.05, 3.63) is 118 Å². The smallest absolute Gasteiger partial charge is 0.338 e. The summed E-state index contributed by atoms with van der Waals surface area (Å²) in [5, 5.41) is 1.04. The highest BCUT2D eigenvalue weighted by atomic mass is 79.9. The van der Waals surface area contributed by atoms with E-state index in [0.29, 0.717) is 30.8 Å². The number of carbonyl (C=O) groups is 1. The number of aryl methyl sites for hydroxylation is 2. The molecule has 1 aliphatic heterocycles. The zero-order valence-corrected chi connectivity index (χ0v) is 26.9. The largest absolute Gasteiger partial charge is 0.496 e. The van der Waals surface area contributed by atoms with Gasteiger partial charge in [-0.05, 0) is 84.6 Å². The number of rotatable bonds is 6. The maximum atomic E-state index is 14.3. The van der Waals surface area contributed by atoms with E-state index in [1.54, 1.807) is 25.5 Å². The van der Waals surface area contributed by atoms with Gasteiger partial charge in [-0.1, -0.05) is 59.4 Å². The number of benzene rings is 3. The Morgan fingerprint density at radius 2 is 1.88 bits per heavy atom. The van der Waals surface area contributed by atoms with Gasteiger partial charge in [0.05, 0.1) is 45.7 Å². The van der Waals surface area contributed by atoms with Crippen LogP contribution in [0.15, 0.2) is 86.2 Å². The van der Waals surface area contributed by atoms with E-state index in [2.05, 4.69) is 59.0 Å². The zero-order chi connectivity index (χ0) is 30.4. The SMILES string of the molecule is CCOC(=O)C1=C(C)N=c2s/c(=C/c3c(-c4ccccc4)[nH]c4c(C)cc(C)cc34)c(=O)n2[C@H]1c1ccc(OC)c(Br)c1. The van der Waals surface area contributed by atoms with E-state index in [4.69, 9.17) is 14.5 Å². The summed E-state index contributed by atoms with van der Waals surface area (Å²) in [5.41, 5.74) is 7.56. The van der Waals surface area contributed by atoms with Gasteiger partial charge in [0.25, 0.3) is 5.56 Å². The minimum absolute atomic E-state index is 0.209. The molecule has 3 aromatic carbocycles. The van der Waals surface area contributed by atoms with Crippen LogP contribution in [0.5, 0.6) is 5.75 Å². The number of nitrogens with one attached hydrogen (secondary N) is 1. The van der Waals surface area contributed by atoms with E-state index < -0.39 is 12.0 Å². The van der Waals surface area contributed by atoms with Crippen LogP contribution in [0.2, 0.25) is 0 Å². The molecule has 9 heteroatoms. The molecule has 0 unspecified atom stereocenters. The predicted octanol–water partition coefficient (Wildman–Crippen LogP) is 6.33. The Hall–Kier alpha value is -4.21. The molecule has 3 heterocycles. The van der Waals surface area contributed by atoms with Crippen LogP contribution in [-0.2, 0) is 9.53 Å². The predicted molar refractivity (Wildman–Crippen MR) is 174 cm³/mol. The van der Waals surface area contributed by atoms with Crippen molar-refractivity contribution in [2.45, 2.75) is 33.7 Å². The molecule has 0 bridgehead atoms. The lowest BCUT2D eigenvalue weighted by atomic mass is 9.96. The Labute approximate surface area is 261 Å². The number of methoxy groups -OCH3 is 1. The molecule has 0 amide bonds. The third kappa shape index (κ3) is 5.06. The van der Waals surface area contributed by atoms with Crippen LogP contribution in [0.4, 0.5) is 0 Å². The number of esters is 1. The molecule has 6 rings (SSSR count). The monoisotopic (exact) mass is 655 g/mol. The van der Waals surface area contributed by atoms with Crippen LogP contribution in [-0.4, -0.2) is 29.2 Å². The Morgan fingerprint density at radius 1 is 1.12 bits per heavy atom. The number of nitrogens with zero attached hydrogens (tertiary/aromatic N) is 2. The van der Waals surface area contributed by atoms with E-state index in [9.17, 15) is 9.59 Å². The first kappa shape index (κ1) is 28.9. The average molecular weight is 657 g/mol. The number of aromatic nitrogens is 2. The maximum Gasteiger partial charge on any atom is 0.338 e. The molecule has 218 valence electrons. The van der Waals surface area contributed by atoms with E-state index in [0.717, 1.165) is 44.4 Å². The summed E-state index contributed by atoms with van der Waals surface area (Å²) < 4.78 is 13.7. The van der Waals surface area contributed by atoms with Gasteiger partial charge in [-0.25, -0.2) is 9.79 Å². The lowest BCUT2D eigenvalue weighted by Crippen LogP contribution is -2.40. The quantitative estimate of drug-likeness (QED) is 0.217. The number of H-pyrrole nitrogens is 1. The second-order valence-electron chi connectivity index (χ2n) is 10.5. The first-order chi connectivity index (χ1) is 20.7. The van der Waals surface area contributed by atoms with Crippen LogP contribution < -0.4 is 19.6 Å². The summed E-state index contributed by atoms with van der Waals surface area (Å²) in [6.45, 7) is 7.92. The highest BCUT2D eigenvalue weighted by Gasteiger charge is 2.33. The lowest BCUT2D eigenvalue weighted by Gasteiger charge is -2.25. The van der Waals surface area contributed by atoms with Crippen LogP contribution in [0.25, 0.3) is 28.2 Å². The number of hydrogen-bond acceptors (Lipinski definition) is 6. The van der Waals surface area contributed by atoms with Crippen molar-refractivity contribution >= 4 is 50.2 Å². The molecule has 2 aromatic heterocycles. The van der Waals surface area contributed by atoms with E-state index >= 15 is 0 Å². The summed E-state index contributed by atoms with van der Waals surface area (Å²) in [7, 11) is 1.59. The molecule has 1 N–H and O–H groups in total. The first-order valence-corrected chi connectivity index (χ1v) is 15.5. The van der Waals surface area contributed by atoms with E-state index in [1.165, 1.54) is 11.3 Å². The number of hydrogen-bond donors (Lipinski definition) is 1. The van der Waals surface area contributed by atoms with Crippen molar-refractivity contribution in [2.75, 3.05) is 13.7 Å². The second kappa shape index (κ2) is 11.5. The van der Waals surface area contributed by atoms with Gasteiger partial charge in [0.1, 0.15) is 5.75 Å². The van der Waals surface area contributed by atoms with Crippen molar-refractivity contribution < 1.29 is 14.3 Å². The topological polar surface area (TPSA) is 85.7 Å². The normalized spacial score (nSPS) is 15.0. The van der Waals surface area contributed by atoms with Gasteiger partial charge in [-0.15, -0.1) is 0 Å². The standard InChI is InChI=1S/C34H30BrN3O4S/c1-6-42-33(40)28-20(4)36-34-38(31(28)22-12-13-26(41-5)25(35)16-22)32(39)27(43-34)17-24-23-15-18(2)14-19(3)29(23)37-30(24)21-10-8-7-9-11-21/h7-17,31,37H,6H2,1-5H3/b27-17+/t31-/m0/s1. The van der Waals surface area contributed by atoms with Gasteiger partial charge >= 0.3 is 5.97 Å². The van der Waals surface area contributed by atoms with Gasteiger partial charge in [0.2, 0.25) is 0 Å². The molecule has 0 saturated heterocycles. The summed E-state index contributed by atoms with van der Waals surface area (Å²) >= 11 is 4.88. The highest BCUT2D eigenvalue weighted by Crippen LogP contribution is 2.36. The summed E-state index contributed by atoms with van der Waals surface area (Å²) in [5.74, 6) is 0.150. The van der Waals surface area contributed by atoms with Crippen molar-refractivity contribution in [3.8, 4) is 17.0 Å². The molecule has 0 fully saturated rings. The Kier molecular flexibility index (Phi) is 7.70. The van der Waals surface area contributed by atoms with Crippen LogP contribution in [0.3, 0.4) is 0 Å². The number of ether oxygens (including phenoxy) is 2. The van der Waals surface area contributed by atoms with Gasteiger partial charge in [-0.3, -0.25) is 9.36 Å². The van der Waals surface area contributed by atoms with Crippen molar-refractivity contribution in [1.82, 2.24) is 9.55 Å². The van der Waals surface area contributed by atoms with Crippen LogP contribution in [0, 0.1) is 13.8 Å². The minimum Gasteiger partial charge on any atom is -0.496 e. The zero-order valence-electron chi connectivity index (χ0n) is 24.4.